The fourth-order valence-electron chi connectivity index (χ4n) is 0.981. The number of hydrogen-bond donors (Lipinski definition) is 0. The Balaban J connectivity index is 2.75. The minimum absolute atomic E-state index is 0.0372. The Labute approximate surface area is 84.6 Å². The van der Waals surface area contributed by atoms with E-state index in [1.165, 1.54) is 0 Å². The summed E-state index contributed by atoms with van der Waals surface area (Å²) in [5, 5.41) is 10.4. The molecule has 1 rings (SSSR count). The Hall–Kier alpha value is -1.72. The monoisotopic (exact) mass is 217 g/mol. The molecule has 0 saturated heterocycles. The lowest BCUT2D eigenvalue weighted by molar-refractivity contribution is -0.385. The molecule has 0 radical (unpaired) electrons. The largest absolute Gasteiger partial charge is 0.493 e. The third kappa shape index (κ3) is 3.49. The average Bonchev–Trinajstić information content (AvgIpc) is 2.17. The van der Waals surface area contributed by atoms with E-state index in [-0.39, 0.29) is 24.5 Å². The SMILES string of the molecule is O=[N+]([O-])c1cc(F)cc(OCCCF)c1. The van der Waals surface area contributed by atoms with E-state index in [1.54, 1.807) is 0 Å². The number of rotatable bonds is 5. The summed E-state index contributed by atoms with van der Waals surface area (Å²) in [5.74, 6) is -0.713. The molecule has 15 heavy (non-hydrogen) atoms. The zero-order valence-corrected chi connectivity index (χ0v) is 7.78. The quantitative estimate of drug-likeness (QED) is 0.432. The normalized spacial score (nSPS) is 10.0. The zero-order valence-electron chi connectivity index (χ0n) is 7.78. The summed E-state index contributed by atoms with van der Waals surface area (Å²) in [7, 11) is 0. The maximum absolute atomic E-state index is 12.8. The first-order valence-corrected chi connectivity index (χ1v) is 4.27. The number of hydrogen-bond acceptors (Lipinski definition) is 3. The maximum atomic E-state index is 12.8. The summed E-state index contributed by atoms with van der Waals surface area (Å²) in [6.45, 7) is -0.478. The van der Waals surface area contributed by atoms with Gasteiger partial charge in [-0.25, -0.2) is 4.39 Å². The van der Waals surface area contributed by atoms with Crippen LogP contribution in [0.15, 0.2) is 18.2 Å². The zero-order chi connectivity index (χ0) is 11.3. The standard InChI is InChI=1S/C9H9F2NO3/c10-2-1-3-15-9-5-7(11)4-8(6-9)12(13)14/h4-6H,1-3H2. The molecule has 1 aromatic rings. The Morgan fingerprint density at radius 2 is 2.13 bits per heavy atom. The van der Waals surface area contributed by atoms with Crippen LogP contribution < -0.4 is 4.74 Å². The summed E-state index contributed by atoms with van der Waals surface area (Å²) in [5.41, 5.74) is -0.384. The molecule has 0 spiro atoms. The van der Waals surface area contributed by atoms with Gasteiger partial charge in [-0.1, -0.05) is 0 Å². The summed E-state index contributed by atoms with van der Waals surface area (Å²) < 4.78 is 29.5. The van der Waals surface area contributed by atoms with Gasteiger partial charge in [-0.3, -0.25) is 14.5 Å². The fraction of sp³-hybridized carbons (Fsp3) is 0.333. The molecule has 0 aliphatic rings. The lowest BCUT2D eigenvalue weighted by atomic mass is 10.3. The molecule has 0 unspecified atom stereocenters. The van der Waals surface area contributed by atoms with Crippen molar-refractivity contribution in [3.05, 3.63) is 34.1 Å². The van der Waals surface area contributed by atoms with Crippen LogP contribution in [-0.2, 0) is 0 Å². The van der Waals surface area contributed by atoms with Crippen molar-refractivity contribution in [2.24, 2.45) is 0 Å². The number of halogens is 2. The highest BCUT2D eigenvalue weighted by atomic mass is 19.1. The van der Waals surface area contributed by atoms with Gasteiger partial charge < -0.3 is 4.74 Å². The summed E-state index contributed by atoms with van der Waals surface area (Å²) in [4.78, 5) is 9.64. The van der Waals surface area contributed by atoms with Gasteiger partial charge in [0.2, 0.25) is 0 Å². The van der Waals surface area contributed by atoms with E-state index in [4.69, 9.17) is 4.74 Å². The van der Waals surface area contributed by atoms with Crippen molar-refractivity contribution >= 4 is 5.69 Å². The van der Waals surface area contributed by atoms with Crippen LogP contribution >= 0.6 is 0 Å². The number of alkyl halides is 1. The number of nitro benzene ring substituents is 1. The van der Waals surface area contributed by atoms with Crippen LogP contribution in [-0.4, -0.2) is 18.2 Å². The number of nitro groups is 1. The third-order valence-corrected chi connectivity index (χ3v) is 1.61. The molecule has 0 amide bonds. The second-order valence-electron chi connectivity index (χ2n) is 2.79. The minimum Gasteiger partial charge on any atom is -0.493 e. The van der Waals surface area contributed by atoms with Crippen molar-refractivity contribution in [1.29, 1.82) is 0 Å². The number of nitrogens with zero attached hydrogens (tertiary/aromatic N) is 1. The number of benzene rings is 1. The van der Waals surface area contributed by atoms with Gasteiger partial charge in [-0.05, 0) is 0 Å². The lowest BCUT2D eigenvalue weighted by Gasteiger charge is -2.04. The Bertz CT molecular complexity index is 357. The highest BCUT2D eigenvalue weighted by Gasteiger charge is 2.10. The number of ether oxygens (including phenoxy) is 1. The highest BCUT2D eigenvalue weighted by Crippen LogP contribution is 2.21. The molecular weight excluding hydrogens is 208 g/mol. The molecule has 6 heteroatoms. The van der Waals surface area contributed by atoms with E-state index in [0.717, 1.165) is 18.2 Å². The Morgan fingerprint density at radius 3 is 2.73 bits per heavy atom. The predicted molar refractivity (Wildman–Crippen MR) is 49.1 cm³/mol. The molecule has 0 atom stereocenters. The van der Waals surface area contributed by atoms with Crippen LogP contribution in [0.25, 0.3) is 0 Å². The average molecular weight is 217 g/mol. The lowest BCUT2D eigenvalue weighted by Crippen LogP contribution is -1.99. The molecule has 0 heterocycles. The Morgan fingerprint density at radius 1 is 1.40 bits per heavy atom. The molecule has 82 valence electrons. The summed E-state index contributed by atoms with van der Waals surface area (Å²) in [6, 6.07) is 2.91. The van der Waals surface area contributed by atoms with Crippen molar-refractivity contribution in [3.63, 3.8) is 0 Å². The smallest absolute Gasteiger partial charge is 0.276 e. The van der Waals surface area contributed by atoms with Crippen LogP contribution in [0.5, 0.6) is 5.75 Å². The minimum atomic E-state index is -0.751. The first-order valence-electron chi connectivity index (χ1n) is 4.27. The second kappa shape index (κ2) is 5.23. The maximum Gasteiger partial charge on any atom is 0.276 e. The molecule has 0 bridgehead atoms. The van der Waals surface area contributed by atoms with Gasteiger partial charge in [0, 0.05) is 12.5 Å². The van der Waals surface area contributed by atoms with Crippen molar-refractivity contribution in [2.45, 2.75) is 6.42 Å². The second-order valence-corrected chi connectivity index (χ2v) is 2.79. The fourth-order valence-corrected chi connectivity index (χ4v) is 0.981. The molecular formula is C9H9F2NO3. The van der Waals surface area contributed by atoms with Crippen LogP contribution in [0, 0.1) is 15.9 Å². The molecule has 0 aliphatic carbocycles. The van der Waals surface area contributed by atoms with Crippen LogP contribution in [0.4, 0.5) is 14.5 Å². The van der Waals surface area contributed by atoms with Gasteiger partial charge in [-0.2, -0.15) is 0 Å². The van der Waals surface area contributed by atoms with E-state index in [9.17, 15) is 18.9 Å². The molecule has 0 saturated carbocycles. The van der Waals surface area contributed by atoms with E-state index in [0.29, 0.717) is 0 Å². The highest BCUT2D eigenvalue weighted by molar-refractivity contribution is 5.38. The first kappa shape index (κ1) is 11.4. The van der Waals surface area contributed by atoms with Gasteiger partial charge >= 0.3 is 0 Å². The molecule has 0 aliphatic heterocycles. The molecule has 0 fully saturated rings. The predicted octanol–water partition coefficient (Wildman–Crippen LogP) is 2.47. The first-order chi connectivity index (χ1) is 7.13. The van der Waals surface area contributed by atoms with Gasteiger partial charge in [0.1, 0.15) is 11.6 Å². The van der Waals surface area contributed by atoms with Crippen LogP contribution in [0.2, 0.25) is 0 Å². The van der Waals surface area contributed by atoms with Gasteiger partial charge in [-0.15, -0.1) is 0 Å². The molecule has 0 aromatic heterocycles. The summed E-state index contributed by atoms with van der Waals surface area (Å²) in [6.07, 6.45) is 0.171. The van der Waals surface area contributed by atoms with Crippen molar-refractivity contribution in [3.8, 4) is 5.75 Å². The van der Waals surface area contributed by atoms with E-state index >= 15 is 0 Å². The number of non-ortho nitro benzene ring substituents is 1. The van der Waals surface area contributed by atoms with Crippen LogP contribution in [0.3, 0.4) is 0 Å². The Kier molecular flexibility index (Phi) is 3.96. The van der Waals surface area contributed by atoms with Gasteiger partial charge in [0.25, 0.3) is 5.69 Å². The third-order valence-electron chi connectivity index (χ3n) is 1.61. The van der Waals surface area contributed by atoms with E-state index < -0.39 is 17.4 Å². The van der Waals surface area contributed by atoms with Crippen molar-refractivity contribution in [1.82, 2.24) is 0 Å². The van der Waals surface area contributed by atoms with Crippen LogP contribution in [0.1, 0.15) is 6.42 Å². The molecule has 1 aromatic carbocycles. The molecule has 4 nitrogen and oxygen atoms in total. The van der Waals surface area contributed by atoms with Crippen molar-refractivity contribution in [2.75, 3.05) is 13.3 Å². The molecule has 0 N–H and O–H groups in total. The van der Waals surface area contributed by atoms with Crippen molar-refractivity contribution < 1.29 is 18.4 Å². The van der Waals surface area contributed by atoms with E-state index in [1.807, 2.05) is 0 Å². The van der Waals surface area contributed by atoms with Gasteiger partial charge in [0.15, 0.2) is 0 Å². The summed E-state index contributed by atoms with van der Waals surface area (Å²) >= 11 is 0. The topological polar surface area (TPSA) is 52.4 Å². The van der Waals surface area contributed by atoms with E-state index in [2.05, 4.69) is 0 Å². The van der Waals surface area contributed by atoms with Gasteiger partial charge in [0.05, 0.1) is 30.3 Å².